The molecule has 1 aromatic heterocycles. The maximum atomic E-state index is 6.07. The van der Waals surface area contributed by atoms with Crippen LogP contribution in [0.15, 0.2) is 24.4 Å². The number of aromatic nitrogens is 2. The molecule has 2 aromatic rings. The second-order valence-corrected chi connectivity index (χ2v) is 4.68. The van der Waals surface area contributed by atoms with E-state index in [1.807, 2.05) is 38.4 Å². The maximum Gasteiger partial charge on any atom is 0.0721 e. The summed E-state index contributed by atoms with van der Waals surface area (Å²) in [5, 5.41) is 8.76. The molecule has 17 heavy (non-hydrogen) atoms. The molecule has 90 valence electrons. The van der Waals surface area contributed by atoms with Crippen LogP contribution in [0.2, 0.25) is 10.0 Å². The van der Waals surface area contributed by atoms with Crippen LogP contribution in [0.25, 0.3) is 0 Å². The van der Waals surface area contributed by atoms with Gasteiger partial charge in [-0.1, -0.05) is 29.3 Å². The molecule has 0 saturated heterocycles. The number of hydrogen-bond acceptors (Lipinski definition) is 2. The number of para-hydroxylation sites is 1. The Morgan fingerprint density at radius 3 is 2.47 bits per heavy atom. The van der Waals surface area contributed by atoms with E-state index in [4.69, 9.17) is 23.2 Å². The van der Waals surface area contributed by atoms with Crippen LogP contribution in [0.1, 0.15) is 11.3 Å². The molecule has 1 heterocycles. The molecule has 1 N–H and O–H groups in total. The van der Waals surface area contributed by atoms with Crippen molar-refractivity contribution in [2.45, 2.75) is 13.5 Å². The van der Waals surface area contributed by atoms with Gasteiger partial charge >= 0.3 is 0 Å². The predicted molar refractivity (Wildman–Crippen MR) is 71.7 cm³/mol. The molecule has 0 atom stereocenters. The van der Waals surface area contributed by atoms with Gasteiger partial charge in [0.05, 0.1) is 21.4 Å². The lowest BCUT2D eigenvalue weighted by Gasteiger charge is -2.09. The van der Waals surface area contributed by atoms with E-state index in [9.17, 15) is 0 Å². The maximum absolute atomic E-state index is 6.07. The molecule has 0 bridgehead atoms. The Hall–Kier alpha value is -1.19. The Kier molecular flexibility index (Phi) is 3.60. The van der Waals surface area contributed by atoms with Gasteiger partial charge in [0.15, 0.2) is 0 Å². The van der Waals surface area contributed by atoms with Gasteiger partial charge < -0.3 is 5.32 Å². The number of halogens is 2. The quantitative estimate of drug-likeness (QED) is 0.922. The molecule has 0 radical (unpaired) electrons. The standard InChI is InChI=1S/C12H13Cl2N3/c1-8-9(7-17(2)16-8)6-15-12-10(13)4-3-5-11(12)14/h3-5,7,15H,6H2,1-2H3. The molecule has 0 saturated carbocycles. The number of hydrogen-bond donors (Lipinski definition) is 1. The number of nitrogens with one attached hydrogen (secondary N) is 1. The minimum atomic E-state index is 0.624. The van der Waals surface area contributed by atoms with Crippen molar-refractivity contribution < 1.29 is 0 Å². The normalized spacial score (nSPS) is 10.6. The van der Waals surface area contributed by atoms with Crippen molar-refractivity contribution in [2.75, 3.05) is 5.32 Å². The third-order valence-electron chi connectivity index (χ3n) is 2.53. The second kappa shape index (κ2) is 4.98. The van der Waals surface area contributed by atoms with E-state index in [-0.39, 0.29) is 0 Å². The summed E-state index contributed by atoms with van der Waals surface area (Å²) in [7, 11) is 1.90. The van der Waals surface area contributed by atoms with Gasteiger partial charge in [0, 0.05) is 25.4 Å². The van der Waals surface area contributed by atoms with Gasteiger partial charge in [0.2, 0.25) is 0 Å². The van der Waals surface area contributed by atoms with Crippen molar-refractivity contribution in [1.82, 2.24) is 9.78 Å². The zero-order chi connectivity index (χ0) is 12.4. The van der Waals surface area contributed by atoms with E-state index in [0.717, 1.165) is 16.9 Å². The van der Waals surface area contributed by atoms with Crippen molar-refractivity contribution in [3.05, 3.63) is 45.7 Å². The van der Waals surface area contributed by atoms with Gasteiger partial charge in [-0.15, -0.1) is 0 Å². The summed E-state index contributed by atoms with van der Waals surface area (Å²) >= 11 is 12.1. The Labute approximate surface area is 110 Å². The van der Waals surface area contributed by atoms with Crippen molar-refractivity contribution >= 4 is 28.9 Å². The fraction of sp³-hybridized carbons (Fsp3) is 0.250. The van der Waals surface area contributed by atoms with Crippen LogP contribution >= 0.6 is 23.2 Å². The van der Waals surface area contributed by atoms with E-state index in [1.165, 1.54) is 0 Å². The van der Waals surface area contributed by atoms with Crippen molar-refractivity contribution in [3.63, 3.8) is 0 Å². The van der Waals surface area contributed by atoms with E-state index in [1.54, 1.807) is 4.68 Å². The zero-order valence-electron chi connectivity index (χ0n) is 9.67. The molecule has 0 amide bonds. The minimum Gasteiger partial charge on any atom is -0.378 e. The molecule has 5 heteroatoms. The SMILES string of the molecule is Cc1nn(C)cc1CNc1c(Cl)cccc1Cl. The fourth-order valence-corrected chi connectivity index (χ4v) is 2.20. The number of rotatable bonds is 3. The monoisotopic (exact) mass is 269 g/mol. The number of benzene rings is 1. The first-order valence-corrected chi connectivity index (χ1v) is 6.00. The van der Waals surface area contributed by atoms with Gasteiger partial charge in [0.25, 0.3) is 0 Å². The summed E-state index contributed by atoms with van der Waals surface area (Å²) in [6.45, 7) is 2.63. The first-order valence-electron chi connectivity index (χ1n) is 5.25. The lowest BCUT2D eigenvalue weighted by Crippen LogP contribution is -2.01. The van der Waals surface area contributed by atoms with Crippen LogP contribution in [-0.4, -0.2) is 9.78 Å². The Morgan fingerprint density at radius 2 is 1.94 bits per heavy atom. The molecule has 0 unspecified atom stereocenters. The summed E-state index contributed by atoms with van der Waals surface area (Å²) in [6.07, 6.45) is 1.98. The van der Waals surface area contributed by atoms with Gasteiger partial charge in [-0.25, -0.2) is 0 Å². The molecule has 1 aromatic carbocycles. The Balaban J connectivity index is 2.15. The second-order valence-electron chi connectivity index (χ2n) is 3.86. The molecular formula is C12H13Cl2N3. The first kappa shape index (κ1) is 12.3. The lowest BCUT2D eigenvalue weighted by atomic mass is 10.2. The average molecular weight is 270 g/mol. The molecule has 3 nitrogen and oxygen atoms in total. The molecular weight excluding hydrogens is 257 g/mol. The third-order valence-corrected chi connectivity index (χ3v) is 3.16. The summed E-state index contributed by atoms with van der Waals surface area (Å²) in [6, 6.07) is 5.45. The highest BCUT2D eigenvalue weighted by atomic mass is 35.5. The van der Waals surface area contributed by atoms with Crippen LogP contribution in [0.3, 0.4) is 0 Å². The number of nitrogens with zero attached hydrogens (tertiary/aromatic N) is 2. The Morgan fingerprint density at radius 1 is 1.29 bits per heavy atom. The third kappa shape index (κ3) is 2.73. The van der Waals surface area contributed by atoms with Gasteiger partial charge in [-0.05, 0) is 19.1 Å². The van der Waals surface area contributed by atoms with Crippen LogP contribution in [0.5, 0.6) is 0 Å². The van der Waals surface area contributed by atoms with E-state index in [0.29, 0.717) is 16.6 Å². The van der Waals surface area contributed by atoms with Crippen LogP contribution in [0.4, 0.5) is 5.69 Å². The van der Waals surface area contributed by atoms with E-state index < -0.39 is 0 Å². The minimum absolute atomic E-state index is 0.624. The highest BCUT2D eigenvalue weighted by Crippen LogP contribution is 2.30. The van der Waals surface area contributed by atoms with Crippen LogP contribution in [0, 0.1) is 6.92 Å². The number of anilines is 1. The molecule has 0 aliphatic carbocycles. The van der Waals surface area contributed by atoms with Gasteiger partial charge in [-0.2, -0.15) is 5.10 Å². The van der Waals surface area contributed by atoms with Crippen molar-refractivity contribution in [1.29, 1.82) is 0 Å². The predicted octanol–water partition coefficient (Wildman–Crippen LogP) is 3.65. The summed E-state index contributed by atoms with van der Waals surface area (Å²) in [5.41, 5.74) is 2.89. The first-order chi connectivity index (χ1) is 8.08. The average Bonchev–Trinajstić information content (AvgIpc) is 2.57. The van der Waals surface area contributed by atoms with Crippen molar-refractivity contribution in [2.24, 2.45) is 7.05 Å². The van der Waals surface area contributed by atoms with Gasteiger partial charge in [-0.3, -0.25) is 4.68 Å². The molecule has 2 rings (SSSR count). The zero-order valence-corrected chi connectivity index (χ0v) is 11.2. The fourth-order valence-electron chi connectivity index (χ4n) is 1.67. The topological polar surface area (TPSA) is 29.9 Å². The highest BCUT2D eigenvalue weighted by Gasteiger charge is 2.07. The molecule has 0 aliphatic rings. The van der Waals surface area contributed by atoms with Crippen molar-refractivity contribution in [3.8, 4) is 0 Å². The van der Waals surface area contributed by atoms with E-state index >= 15 is 0 Å². The molecule has 0 spiro atoms. The highest BCUT2D eigenvalue weighted by molar-refractivity contribution is 6.39. The Bertz CT molecular complexity index is 514. The smallest absolute Gasteiger partial charge is 0.0721 e. The lowest BCUT2D eigenvalue weighted by molar-refractivity contribution is 0.756. The summed E-state index contributed by atoms with van der Waals surface area (Å²) < 4.78 is 1.79. The number of aryl methyl sites for hydroxylation is 2. The van der Waals surface area contributed by atoms with Crippen LogP contribution < -0.4 is 5.32 Å². The van der Waals surface area contributed by atoms with Gasteiger partial charge in [0.1, 0.15) is 0 Å². The largest absolute Gasteiger partial charge is 0.378 e. The molecule has 0 aliphatic heterocycles. The molecule has 0 fully saturated rings. The van der Waals surface area contributed by atoms with Crippen LogP contribution in [-0.2, 0) is 13.6 Å². The van der Waals surface area contributed by atoms with E-state index in [2.05, 4.69) is 10.4 Å². The summed E-state index contributed by atoms with van der Waals surface area (Å²) in [4.78, 5) is 0. The summed E-state index contributed by atoms with van der Waals surface area (Å²) in [5.74, 6) is 0.